The largest absolute Gasteiger partial charge is 0.465 e. The van der Waals surface area contributed by atoms with Gasteiger partial charge in [0.15, 0.2) is 8.68 Å². The van der Waals surface area contributed by atoms with Crippen LogP contribution in [-0.2, 0) is 9.53 Å². The topological polar surface area (TPSA) is 52.1 Å². The number of aromatic nitrogens is 2. The van der Waals surface area contributed by atoms with Crippen LogP contribution in [0.15, 0.2) is 8.68 Å². The Bertz CT molecular complexity index is 554. The van der Waals surface area contributed by atoms with Crippen LogP contribution in [0.3, 0.4) is 0 Å². The summed E-state index contributed by atoms with van der Waals surface area (Å²) >= 11 is 4.23. The van der Waals surface area contributed by atoms with Crippen molar-refractivity contribution in [2.24, 2.45) is 0 Å². The first-order valence-electron chi connectivity index (χ1n) is 7.28. The summed E-state index contributed by atoms with van der Waals surface area (Å²) in [5.74, 6) is -5.42. The smallest absolute Gasteiger partial charge is 0.453 e. The van der Waals surface area contributed by atoms with E-state index < -0.39 is 31.1 Å². The normalized spacial score (nSPS) is 13.7. The number of hydrogen-bond acceptors (Lipinski definition) is 7. The molecular weight excluding hydrogens is 407 g/mol. The zero-order chi connectivity index (χ0) is 19.1. The SMILES string of the molecule is CCC(C)Sc1nnc(SCCC(=O)OCCC(F)(F)C(F)(F)F)s1. The number of halogens is 5. The van der Waals surface area contributed by atoms with Crippen molar-refractivity contribution in [1.82, 2.24) is 10.2 Å². The highest BCUT2D eigenvalue weighted by atomic mass is 32.2. The molecule has 1 atom stereocenters. The number of carbonyl (C=O) groups excluding carboxylic acids is 1. The van der Waals surface area contributed by atoms with Gasteiger partial charge >= 0.3 is 18.1 Å². The lowest BCUT2D eigenvalue weighted by molar-refractivity contribution is -0.286. The van der Waals surface area contributed by atoms with E-state index >= 15 is 0 Å². The van der Waals surface area contributed by atoms with Crippen LogP contribution < -0.4 is 0 Å². The molecule has 1 heterocycles. The molecule has 0 fully saturated rings. The van der Waals surface area contributed by atoms with Crippen molar-refractivity contribution in [3.8, 4) is 0 Å². The third-order valence-corrected chi connectivity index (χ3v) is 6.30. The highest BCUT2D eigenvalue weighted by Gasteiger charge is 2.56. The Morgan fingerprint density at radius 1 is 1.24 bits per heavy atom. The molecule has 4 nitrogen and oxygen atoms in total. The van der Waals surface area contributed by atoms with Gasteiger partial charge in [0.1, 0.15) is 0 Å². The molecule has 0 aliphatic carbocycles. The van der Waals surface area contributed by atoms with E-state index in [1.54, 1.807) is 11.8 Å². The van der Waals surface area contributed by atoms with Crippen LogP contribution in [0.25, 0.3) is 0 Å². The predicted molar refractivity (Wildman–Crippen MR) is 87.4 cm³/mol. The van der Waals surface area contributed by atoms with E-state index in [0.717, 1.165) is 10.8 Å². The average molecular weight is 424 g/mol. The van der Waals surface area contributed by atoms with E-state index in [0.29, 0.717) is 9.59 Å². The average Bonchev–Trinajstić information content (AvgIpc) is 2.93. The molecule has 25 heavy (non-hydrogen) atoms. The third kappa shape index (κ3) is 8.07. The highest BCUT2D eigenvalue weighted by Crippen LogP contribution is 2.38. The number of hydrogen-bond donors (Lipinski definition) is 0. The third-order valence-electron chi connectivity index (χ3n) is 2.89. The van der Waals surface area contributed by atoms with Crippen LogP contribution in [0.2, 0.25) is 0 Å². The minimum Gasteiger partial charge on any atom is -0.465 e. The van der Waals surface area contributed by atoms with Crippen molar-refractivity contribution in [3.63, 3.8) is 0 Å². The number of carbonyl (C=O) groups is 1. The molecule has 144 valence electrons. The summed E-state index contributed by atoms with van der Waals surface area (Å²) in [5.41, 5.74) is 0. The summed E-state index contributed by atoms with van der Waals surface area (Å²) in [6.07, 6.45) is -6.35. The second-order valence-electron chi connectivity index (χ2n) is 4.94. The lowest BCUT2D eigenvalue weighted by atomic mass is 10.2. The maximum absolute atomic E-state index is 12.6. The van der Waals surface area contributed by atoms with Gasteiger partial charge in [-0.1, -0.05) is 48.7 Å². The fourth-order valence-corrected chi connectivity index (χ4v) is 4.54. The molecule has 0 aliphatic heterocycles. The van der Waals surface area contributed by atoms with Crippen LogP contribution in [-0.4, -0.2) is 45.9 Å². The Balaban J connectivity index is 2.25. The monoisotopic (exact) mass is 424 g/mol. The summed E-state index contributed by atoms with van der Waals surface area (Å²) < 4.78 is 67.0. The van der Waals surface area contributed by atoms with Gasteiger partial charge in [0.25, 0.3) is 0 Å². The highest BCUT2D eigenvalue weighted by molar-refractivity contribution is 8.03. The molecule has 0 saturated heterocycles. The quantitative estimate of drug-likeness (QED) is 0.298. The lowest BCUT2D eigenvalue weighted by Crippen LogP contribution is -2.37. The molecule has 0 aliphatic rings. The molecule has 0 saturated carbocycles. The number of alkyl halides is 5. The summed E-state index contributed by atoms with van der Waals surface area (Å²) in [7, 11) is 0. The first-order chi connectivity index (χ1) is 11.5. The fourth-order valence-electron chi connectivity index (χ4n) is 1.29. The molecule has 0 N–H and O–H groups in total. The fraction of sp³-hybridized carbons (Fsp3) is 0.769. The van der Waals surface area contributed by atoms with E-state index in [-0.39, 0.29) is 12.2 Å². The number of esters is 1. The molecule has 0 radical (unpaired) electrons. The van der Waals surface area contributed by atoms with Crippen LogP contribution in [0.1, 0.15) is 33.1 Å². The molecule has 1 aromatic rings. The zero-order valence-corrected chi connectivity index (χ0v) is 15.9. The van der Waals surface area contributed by atoms with E-state index in [9.17, 15) is 26.7 Å². The second-order valence-corrected chi connectivity index (χ2v) is 8.95. The van der Waals surface area contributed by atoms with Crippen molar-refractivity contribution in [1.29, 1.82) is 0 Å². The van der Waals surface area contributed by atoms with E-state index in [4.69, 9.17) is 0 Å². The predicted octanol–water partition coefficient (Wildman–Crippen LogP) is 5.04. The molecule has 12 heteroatoms. The summed E-state index contributed by atoms with van der Waals surface area (Å²) in [4.78, 5) is 11.4. The van der Waals surface area contributed by atoms with Gasteiger partial charge in [-0.15, -0.1) is 10.2 Å². The molecule has 1 rings (SSSR count). The standard InChI is InChI=1S/C13H17F5N2O2S3/c1-3-8(2)24-11-20-19-10(25-11)23-7-4-9(21)22-6-5-12(14,15)13(16,17)18/h8H,3-7H2,1-2H3. The minimum atomic E-state index is -5.64. The van der Waals surface area contributed by atoms with Crippen molar-refractivity contribution in [2.45, 2.75) is 59.1 Å². The van der Waals surface area contributed by atoms with Gasteiger partial charge in [-0.3, -0.25) is 4.79 Å². The van der Waals surface area contributed by atoms with E-state index in [1.807, 2.05) is 0 Å². The molecule has 0 spiro atoms. The maximum Gasteiger partial charge on any atom is 0.453 e. The first kappa shape index (κ1) is 22.4. The van der Waals surface area contributed by atoms with Crippen molar-refractivity contribution < 1.29 is 31.5 Å². The molecule has 0 bridgehead atoms. The molecule has 1 aromatic heterocycles. The Hall–Kier alpha value is -0.620. The Kier molecular flexibility index (Phi) is 8.89. The van der Waals surface area contributed by atoms with Crippen molar-refractivity contribution >= 4 is 40.8 Å². The van der Waals surface area contributed by atoms with Crippen LogP contribution in [0, 0.1) is 0 Å². The Labute approximate surface area is 154 Å². The summed E-state index contributed by atoms with van der Waals surface area (Å²) in [6, 6.07) is 0. The molecule has 0 aromatic carbocycles. The number of ether oxygens (including phenoxy) is 1. The number of rotatable bonds is 10. The molecule has 0 amide bonds. The van der Waals surface area contributed by atoms with E-state index in [1.165, 1.54) is 23.1 Å². The van der Waals surface area contributed by atoms with Gasteiger partial charge in [0.2, 0.25) is 0 Å². The van der Waals surface area contributed by atoms with Crippen LogP contribution in [0.4, 0.5) is 22.0 Å². The zero-order valence-electron chi connectivity index (χ0n) is 13.4. The molecule has 1 unspecified atom stereocenters. The second kappa shape index (κ2) is 9.91. The van der Waals surface area contributed by atoms with Gasteiger partial charge in [-0.25, -0.2) is 0 Å². The number of thioether (sulfide) groups is 2. The van der Waals surface area contributed by atoms with Gasteiger partial charge in [0, 0.05) is 11.0 Å². The first-order valence-corrected chi connectivity index (χ1v) is 9.96. The van der Waals surface area contributed by atoms with Crippen LogP contribution in [0.5, 0.6) is 0 Å². The maximum atomic E-state index is 12.6. The minimum absolute atomic E-state index is 0.115. The van der Waals surface area contributed by atoms with E-state index in [2.05, 4.69) is 28.8 Å². The van der Waals surface area contributed by atoms with Gasteiger partial charge in [0.05, 0.1) is 19.4 Å². The van der Waals surface area contributed by atoms with Crippen LogP contribution >= 0.6 is 34.9 Å². The summed E-state index contributed by atoms with van der Waals surface area (Å²) in [5, 5.41) is 8.37. The van der Waals surface area contributed by atoms with Crippen molar-refractivity contribution in [2.75, 3.05) is 12.4 Å². The molecular formula is C13H17F5N2O2S3. The number of nitrogens with zero attached hydrogens (tertiary/aromatic N) is 2. The van der Waals surface area contributed by atoms with Gasteiger partial charge in [-0.2, -0.15) is 22.0 Å². The van der Waals surface area contributed by atoms with Gasteiger partial charge in [-0.05, 0) is 6.42 Å². The lowest BCUT2D eigenvalue weighted by Gasteiger charge is -2.19. The van der Waals surface area contributed by atoms with Crippen molar-refractivity contribution in [3.05, 3.63) is 0 Å². The Morgan fingerprint density at radius 2 is 1.88 bits per heavy atom. The van der Waals surface area contributed by atoms with Gasteiger partial charge < -0.3 is 4.74 Å². The summed E-state index contributed by atoms with van der Waals surface area (Å²) in [6.45, 7) is 3.15. The Morgan fingerprint density at radius 3 is 2.48 bits per heavy atom.